The second kappa shape index (κ2) is 17.4. The highest BCUT2D eigenvalue weighted by molar-refractivity contribution is 6.04. The molecule has 2 fully saturated rings. The number of carbonyl (C=O) groups excluding carboxylic acids is 1. The van der Waals surface area contributed by atoms with Crippen LogP contribution < -0.4 is 31.1 Å². The van der Waals surface area contributed by atoms with Crippen LogP contribution in [0.5, 0.6) is 0 Å². The third kappa shape index (κ3) is 9.40. The minimum atomic E-state index is -4.56. The Hall–Kier alpha value is -7.19. The number of hydrogen-bond donors (Lipinski definition) is 3. The minimum absolute atomic E-state index is 0.107. The number of rotatable bonds is 3. The quantitative estimate of drug-likeness (QED) is 0.148. The topological polar surface area (TPSA) is 180 Å². The fourth-order valence-electron chi connectivity index (χ4n) is 7.65. The Morgan fingerprint density at radius 2 is 1.31 bits per heavy atom. The molecule has 62 heavy (non-hydrogen) atoms. The van der Waals surface area contributed by atoms with Gasteiger partial charge < -0.3 is 20.9 Å². The molecule has 2 saturated heterocycles. The second-order valence-electron chi connectivity index (χ2n) is 14.7. The zero-order chi connectivity index (χ0) is 43.4. The molecule has 4 bridgehead atoms. The number of alkyl halides is 6. The number of anilines is 6. The van der Waals surface area contributed by atoms with E-state index in [0.717, 1.165) is 80.8 Å². The highest BCUT2D eigenvalue weighted by atomic mass is 19.4. The van der Waals surface area contributed by atoms with Crippen LogP contribution in [0.25, 0.3) is 22.5 Å². The first-order valence-corrected chi connectivity index (χ1v) is 19.5. The number of halogens is 6. The van der Waals surface area contributed by atoms with Crippen LogP contribution in [-0.2, 0) is 12.4 Å². The molecule has 0 radical (unpaired) electrons. The van der Waals surface area contributed by atoms with E-state index >= 15 is 0 Å². The Morgan fingerprint density at radius 3 is 1.90 bits per heavy atom. The Morgan fingerprint density at radius 1 is 0.694 bits per heavy atom. The Bertz CT molecular complexity index is 2510. The van der Waals surface area contributed by atoms with Crippen molar-refractivity contribution in [3.63, 3.8) is 0 Å². The van der Waals surface area contributed by atoms with Crippen molar-refractivity contribution in [2.45, 2.75) is 50.1 Å². The van der Waals surface area contributed by atoms with Gasteiger partial charge in [0.05, 0.1) is 28.8 Å². The zero-order valence-corrected chi connectivity index (χ0v) is 32.7. The number of nitrogens with one attached hydrogen (secondary N) is 2. The number of nitrogen functional groups attached to an aromatic ring is 1. The summed E-state index contributed by atoms with van der Waals surface area (Å²) in [5, 5.41) is 6.16. The number of amides is 2. The number of fused-ring (bicyclic) bond motifs is 8. The summed E-state index contributed by atoms with van der Waals surface area (Å²) in [6, 6.07) is 15.3. The molecule has 6 aromatic rings. The molecule has 21 heteroatoms. The lowest BCUT2D eigenvalue weighted by Gasteiger charge is -2.45. The number of nitrogens with two attached hydrogens (primary N) is 1. The maximum atomic E-state index is 13.2. The van der Waals surface area contributed by atoms with Crippen LogP contribution in [0.1, 0.15) is 37.1 Å². The molecule has 0 spiro atoms. The van der Waals surface area contributed by atoms with Crippen LogP contribution >= 0.6 is 0 Å². The Labute approximate surface area is 350 Å². The monoisotopic (exact) mass is 856 g/mol. The van der Waals surface area contributed by atoms with Gasteiger partial charge >= 0.3 is 18.4 Å². The Balaban J connectivity index is 0.000000153. The van der Waals surface area contributed by atoms with Gasteiger partial charge in [0.1, 0.15) is 35.7 Å². The van der Waals surface area contributed by atoms with Crippen LogP contribution in [0.15, 0.2) is 98.1 Å². The van der Waals surface area contributed by atoms with Crippen LogP contribution in [0.2, 0.25) is 0 Å². The van der Waals surface area contributed by atoms with E-state index in [1.54, 1.807) is 47.5 Å². The van der Waals surface area contributed by atoms with Crippen molar-refractivity contribution >= 4 is 40.7 Å². The van der Waals surface area contributed by atoms with Gasteiger partial charge in [0.2, 0.25) is 0 Å². The number of carbonyl (C=O) groups is 1. The fourth-order valence-corrected chi connectivity index (χ4v) is 7.65. The van der Waals surface area contributed by atoms with Gasteiger partial charge in [-0.3, -0.25) is 20.2 Å². The smallest absolute Gasteiger partial charge is 0.384 e. The average Bonchev–Trinajstić information content (AvgIpc) is 3.27. The summed E-state index contributed by atoms with van der Waals surface area (Å²) in [6.07, 6.45) is 3.08. The first-order valence-electron chi connectivity index (χ1n) is 19.5. The van der Waals surface area contributed by atoms with E-state index < -0.39 is 29.8 Å². The molecule has 10 heterocycles. The van der Waals surface area contributed by atoms with Crippen molar-refractivity contribution in [3.05, 3.63) is 109 Å². The first kappa shape index (κ1) is 41.5. The molecule has 2 atom stereocenters. The van der Waals surface area contributed by atoms with Crippen LogP contribution in [0.3, 0.4) is 0 Å². The highest BCUT2D eigenvalue weighted by Gasteiger charge is 2.39. The van der Waals surface area contributed by atoms with Crippen molar-refractivity contribution in [2.24, 2.45) is 0 Å². The summed E-state index contributed by atoms with van der Waals surface area (Å²) in [5.74, 6) is 2.03. The lowest BCUT2D eigenvalue weighted by Crippen LogP contribution is -2.56. The molecule has 0 saturated carbocycles. The molecule has 4 N–H and O–H groups in total. The normalized spacial score (nSPS) is 17.5. The van der Waals surface area contributed by atoms with Gasteiger partial charge in [0.15, 0.2) is 11.6 Å². The Kier molecular flexibility index (Phi) is 11.7. The van der Waals surface area contributed by atoms with Gasteiger partial charge in [-0.1, -0.05) is 0 Å². The number of pyridine rings is 4. The third-order valence-corrected chi connectivity index (χ3v) is 10.5. The predicted octanol–water partition coefficient (Wildman–Crippen LogP) is 7.59. The van der Waals surface area contributed by atoms with Crippen molar-refractivity contribution < 1.29 is 31.1 Å². The molecule has 0 aliphatic carbocycles. The lowest BCUT2D eigenvalue weighted by molar-refractivity contribution is -0.141. The average molecular weight is 857 g/mol. The van der Waals surface area contributed by atoms with Crippen molar-refractivity contribution in [3.8, 4) is 22.5 Å². The molecule has 0 unspecified atom stereocenters. The van der Waals surface area contributed by atoms with Gasteiger partial charge in [0, 0.05) is 68.1 Å². The standard InChI is InChI=1S/C21H18F3N7O.C16H15F3N4.C4H5N3/c22-21(23,24)17-10-13(5-8-26-17)15-3-4-16-19(28-15)31(14-2-1-9-30(16)11-14)20(32)29-18-6-7-25-12-27-18;17-16(18,19)14-8-10(5-6-20-14)12-3-4-13-15(22-12)21-11-2-1-7-23(13)9-11;5-4-1-2-6-3-7-4/h3-8,10,12,14H,1-2,9,11H2,(H,25,27,29,32);3-6,8,11H,1-2,7,9H2,(H,21,22);1-3H,(H2,5,6,7)/t14-;11-;/m00./s1. The maximum Gasteiger partial charge on any atom is 0.433 e. The van der Waals surface area contributed by atoms with Crippen LogP contribution in [0, 0.1) is 0 Å². The van der Waals surface area contributed by atoms with E-state index in [0.29, 0.717) is 47.0 Å². The number of urea groups is 1. The number of nitrogens with zero attached hydrogens (tertiary/aromatic N) is 11. The largest absolute Gasteiger partial charge is 0.433 e. The van der Waals surface area contributed by atoms with E-state index in [4.69, 9.17) is 5.73 Å². The minimum Gasteiger partial charge on any atom is -0.384 e. The van der Waals surface area contributed by atoms with Crippen molar-refractivity contribution in [1.29, 1.82) is 0 Å². The molecular weight excluding hydrogens is 819 g/mol. The van der Waals surface area contributed by atoms with E-state index in [1.165, 1.54) is 31.1 Å². The molecule has 6 aromatic heterocycles. The molecule has 320 valence electrons. The molecule has 10 rings (SSSR count). The van der Waals surface area contributed by atoms with E-state index in [-0.39, 0.29) is 11.6 Å². The number of piperidine rings is 2. The maximum absolute atomic E-state index is 13.2. The van der Waals surface area contributed by atoms with Crippen molar-refractivity contribution in [2.75, 3.05) is 57.2 Å². The van der Waals surface area contributed by atoms with Gasteiger partial charge in [-0.05, 0) is 86.3 Å². The van der Waals surface area contributed by atoms with Crippen LogP contribution in [0.4, 0.5) is 65.8 Å². The highest BCUT2D eigenvalue weighted by Crippen LogP contribution is 2.41. The van der Waals surface area contributed by atoms with Gasteiger partial charge in [-0.2, -0.15) is 26.3 Å². The zero-order valence-electron chi connectivity index (χ0n) is 32.7. The van der Waals surface area contributed by atoms with Crippen LogP contribution in [-0.4, -0.2) is 84.2 Å². The summed E-state index contributed by atoms with van der Waals surface area (Å²) in [7, 11) is 0. The predicted molar refractivity (Wildman–Crippen MR) is 219 cm³/mol. The summed E-state index contributed by atoms with van der Waals surface area (Å²) in [4.78, 5) is 50.4. The summed E-state index contributed by atoms with van der Waals surface area (Å²) in [6.45, 7) is 3.46. The molecule has 0 aromatic carbocycles. The molecule has 4 aliphatic rings. The molecule has 15 nitrogen and oxygen atoms in total. The first-order chi connectivity index (χ1) is 29.8. The number of hydrogen-bond acceptors (Lipinski definition) is 13. The van der Waals surface area contributed by atoms with Gasteiger partial charge in [-0.25, -0.2) is 34.7 Å². The summed E-state index contributed by atoms with van der Waals surface area (Å²) < 4.78 is 77.8. The van der Waals surface area contributed by atoms with Gasteiger partial charge in [-0.15, -0.1) is 0 Å². The lowest BCUT2D eigenvalue weighted by atomic mass is 9.99. The van der Waals surface area contributed by atoms with Gasteiger partial charge in [0.25, 0.3) is 0 Å². The van der Waals surface area contributed by atoms with Crippen molar-refractivity contribution in [1.82, 2.24) is 39.9 Å². The second-order valence-corrected chi connectivity index (χ2v) is 14.7. The third-order valence-electron chi connectivity index (χ3n) is 10.5. The molecule has 4 aliphatic heterocycles. The summed E-state index contributed by atoms with van der Waals surface area (Å²) >= 11 is 0. The molecular formula is C41H38F6N14O. The van der Waals surface area contributed by atoms with E-state index in [9.17, 15) is 31.1 Å². The molecule has 2 amide bonds. The SMILES string of the molecule is FC(F)(F)c1cc(-c2ccc3c(n2)N[C@H]2CCCN3C2)ccn1.Nc1ccncn1.O=C(Nc1ccncn1)N1c2nc(-c3ccnc(C(F)(F)F)c3)ccc2N2CCC[C@H]1C2. The fraction of sp³-hybridized carbons (Fsp3) is 0.293. The summed E-state index contributed by atoms with van der Waals surface area (Å²) in [5.41, 5.74) is 6.65. The van der Waals surface area contributed by atoms with E-state index in [1.807, 2.05) is 6.07 Å². The number of aromatic nitrogens is 8. The van der Waals surface area contributed by atoms with E-state index in [2.05, 4.69) is 60.3 Å².